The highest BCUT2D eigenvalue weighted by Crippen LogP contribution is 2.34. The Hall–Kier alpha value is -2.37. The molecular weight excluding hydrogens is 260 g/mol. The van der Waals surface area contributed by atoms with E-state index >= 15 is 0 Å². The predicted molar refractivity (Wildman–Crippen MR) is 70.3 cm³/mol. The molecule has 104 valence electrons. The molecule has 0 unspecified atom stereocenters. The van der Waals surface area contributed by atoms with Crippen molar-refractivity contribution in [1.29, 1.82) is 0 Å². The van der Waals surface area contributed by atoms with E-state index in [-0.39, 0.29) is 17.2 Å². The van der Waals surface area contributed by atoms with Gasteiger partial charge in [-0.3, -0.25) is 0 Å². The van der Waals surface area contributed by atoms with E-state index in [1.807, 2.05) is 0 Å². The number of carbonyl (C=O) groups is 2. The van der Waals surface area contributed by atoms with Crippen molar-refractivity contribution in [2.24, 2.45) is 0 Å². The molecule has 0 aliphatic heterocycles. The second-order valence-electron chi connectivity index (χ2n) is 5.08. The number of carboxylic acid groups (broad SMARTS) is 2. The summed E-state index contributed by atoms with van der Waals surface area (Å²) in [6.45, 7) is 0. The first-order chi connectivity index (χ1) is 9.58. The van der Waals surface area contributed by atoms with Crippen LogP contribution in [0.3, 0.4) is 0 Å². The molecule has 0 bridgehead atoms. The maximum atomic E-state index is 11.3. The van der Waals surface area contributed by atoms with Crippen LogP contribution in [-0.4, -0.2) is 31.5 Å². The minimum atomic E-state index is -1.13. The molecule has 1 saturated carbocycles. The van der Waals surface area contributed by atoms with Crippen LogP contribution in [0.2, 0.25) is 0 Å². The molecule has 20 heavy (non-hydrogen) atoms. The average molecular weight is 274 g/mol. The molecule has 2 aromatic heterocycles. The minimum absolute atomic E-state index is 0.0675. The number of rotatable bonds is 3. The van der Waals surface area contributed by atoms with Crippen LogP contribution < -0.4 is 0 Å². The Morgan fingerprint density at radius 3 is 2.50 bits per heavy atom. The summed E-state index contributed by atoms with van der Waals surface area (Å²) in [5.74, 6) is -1.22. The second kappa shape index (κ2) is 4.63. The lowest BCUT2D eigenvalue weighted by Crippen LogP contribution is -2.02. The Labute approximate surface area is 114 Å². The van der Waals surface area contributed by atoms with E-state index in [4.69, 9.17) is 5.11 Å². The van der Waals surface area contributed by atoms with Crippen LogP contribution >= 0.6 is 0 Å². The van der Waals surface area contributed by atoms with Crippen molar-refractivity contribution >= 4 is 17.5 Å². The van der Waals surface area contributed by atoms with Gasteiger partial charge in [0.25, 0.3) is 0 Å². The van der Waals surface area contributed by atoms with Crippen molar-refractivity contribution in [3.05, 3.63) is 35.4 Å². The fourth-order valence-corrected chi connectivity index (χ4v) is 2.87. The Morgan fingerprint density at radius 1 is 1.20 bits per heavy atom. The van der Waals surface area contributed by atoms with Gasteiger partial charge < -0.3 is 14.6 Å². The van der Waals surface area contributed by atoms with Crippen LogP contribution in [0.5, 0.6) is 0 Å². The third kappa shape index (κ3) is 1.93. The first-order valence-corrected chi connectivity index (χ1v) is 6.56. The molecule has 6 nitrogen and oxygen atoms in total. The summed E-state index contributed by atoms with van der Waals surface area (Å²) in [6, 6.07) is 2.85. The molecule has 0 atom stereocenters. The number of hydrogen-bond donors (Lipinski definition) is 2. The number of pyridine rings is 1. The van der Waals surface area contributed by atoms with E-state index < -0.39 is 11.9 Å². The molecule has 2 heterocycles. The number of aromatic nitrogens is 2. The van der Waals surface area contributed by atoms with E-state index in [2.05, 4.69) is 4.98 Å². The summed E-state index contributed by atoms with van der Waals surface area (Å²) in [6.07, 6.45) is 5.84. The molecule has 0 aromatic carbocycles. The first kappa shape index (κ1) is 12.7. The van der Waals surface area contributed by atoms with Crippen LogP contribution in [0.25, 0.3) is 5.52 Å². The van der Waals surface area contributed by atoms with Crippen molar-refractivity contribution in [1.82, 2.24) is 9.38 Å². The molecule has 2 aromatic rings. The van der Waals surface area contributed by atoms with Gasteiger partial charge in [-0.05, 0) is 25.0 Å². The highest BCUT2D eigenvalue weighted by atomic mass is 16.4. The molecule has 1 aliphatic rings. The molecule has 0 radical (unpaired) electrons. The Bertz CT molecular complexity index is 699. The van der Waals surface area contributed by atoms with Gasteiger partial charge in [-0.2, -0.15) is 0 Å². The van der Waals surface area contributed by atoms with Crippen LogP contribution in [0.1, 0.15) is 58.3 Å². The molecule has 3 rings (SSSR count). The lowest BCUT2D eigenvalue weighted by atomic mass is 10.1. The summed E-state index contributed by atoms with van der Waals surface area (Å²) < 4.78 is 1.71. The number of imidazole rings is 1. The molecule has 1 aliphatic carbocycles. The van der Waals surface area contributed by atoms with Gasteiger partial charge in [0.2, 0.25) is 0 Å². The Morgan fingerprint density at radius 2 is 1.90 bits per heavy atom. The van der Waals surface area contributed by atoms with Crippen LogP contribution in [0, 0.1) is 0 Å². The van der Waals surface area contributed by atoms with Crippen molar-refractivity contribution in [3.8, 4) is 0 Å². The van der Waals surface area contributed by atoms with Crippen molar-refractivity contribution in [2.75, 3.05) is 0 Å². The van der Waals surface area contributed by atoms with Gasteiger partial charge in [0.05, 0.1) is 11.1 Å². The summed E-state index contributed by atoms with van der Waals surface area (Å²) in [4.78, 5) is 26.6. The van der Waals surface area contributed by atoms with Gasteiger partial charge in [0.15, 0.2) is 5.69 Å². The third-order valence-electron chi connectivity index (χ3n) is 3.84. The predicted octanol–water partition coefficient (Wildman–Crippen LogP) is 2.39. The van der Waals surface area contributed by atoms with E-state index in [9.17, 15) is 14.7 Å². The van der Waals surface area contributed by atoms with Gasteiger partial charge in [0, 0.05) is 12.1 Å². The summed E-state index contributed by atoms with van der Waals surface area (Å²) in [5, 5.41) is 18.3. The van der Waals surface area contributed by atoms with E-state index in [0.29, 0.717) is 5.52 Å². The zero-order chi connectivity index (χ0) is 14.3. The number of hydrogen-bond acceptors (Lipinski definition) is 3. The van der Waals surface area contributed by atoms with Gasteiger partial charge in [0.1, 0.15) is 5.82 Å². The van der Waals surface area contributed by atoms with Crippen molar-refractivity contribution in [3.63, 3.8) is 0 Å². The molecular formula is C14H14N2O4. The van der Waals surface area contributed by atoms with Crippen LogP contribution in [0.4, 0.5) is 0 Å². The zero-order valence-electron chi connectivity index (χ0n) is 10.7. The summed E-state index contributed by atoms with van der Waals surface area (Å²) >= 11 is 0. The standard InChI is InChI=1S/C14H14N2O4/c17-13(18)9-5-6-16-10(7-9)11(14(19)20)15-12(16)8-3-1-2-4-8/h5-8H,1-4H2,(H,17,18)(H,19,20). The summed E-state index contributed by atoms with van der Waals surface area (Å²) in [5.41, 5.74) is 0.340. The molecule has 0 spiro atoms. The van der Waals surface area contributed by atoms with Crippen LogP contribution in [0.15, 0.2) is 18.3 Å². The molecule has 0 saturated heterocycles. The molecule has 6 heteroatoms. The fourth-order valence-electron chi connectivity index (χ4n) is 2.87. The zero-order valence-corrected chi connectivity index (χ0v) is 10.7. The average Bonchev–Trinajstić information content (AvgIpc) is 3.04. The van der Waals surface area contributed by atoms with Crippen molar-refractivity contribution in [2.45, 2.75) is 31.6 Å². The monoisotopic (exact) mass is 274 g/mol. The number of aromatic carboxylic acids is 2. The maximum Gasteiger partial charge on any atom is 0.356 e. The lowest BCUT2D eigenvalue weighted by molar-refractivity contribution is 0.0682. The maximum absolute atomic E-state index is 11.3. The molecule has 1 fully saturated rings. The second-order valence-corrected chi connectivity index (χ2v) is 5.08. The number of carboxylic acids is 2. The fraction of sp³-hybridized carbons (Fsp3) is 0.357. The third-order valence-corrected chi connectivity index (χ3v) is 3.84. The Kier molecular flexibility index (Phi) is 2.93. The van der Waals surface area contributed by atoms with Gasteiger partial charge in [-0.25, -0.2) is 14.6 Å². The minimum Gasteiger partial charge on any atom is -0.478 e. The topological polar surface area (TPSA) is 91.9 Å². The largest absolute Gasteiger partial charge is 0.478 e. The Balaban J connectivity index is 2.22. The molecule has 2 N–H and O–H groups in total. The number of nitrogens with zero attached hydrogens (tertiary/aromatic N) is 2. The van der Waals surface area contributed by atoms with E-state index in [1.54, 1.807) is 10.6 Å². The van der Waals surface area contributed by atoms with Gasteiger partial charge >= 0.3 is 11.9 Å². The van der Waals surface area contributed by atoms with Gasteiger partial charge in [-0.1, -0.05) is 12.8 Å². The normalized spacial score (nSPS) is 15.8. The lowest BCUT2D eigenvalue weighted by Gasteiger charge is -2.07. The van der Waals surface area contributed by atoms with E-state index in [1.165, 1.54) is 12.1 Å². The van der Waals surface area contributed by atoms with Crippen molar-refractivity contribution < 1.29 is 19.8 Å². The highest BCUT2D eigenvalue weighted by Gasteiger charge is 2.25. The smallest absolute Gasteiger partial charge is 0.356 e. The van der Waals surface area contributed by atoms with Gasteiger partial charge in [-0.15, -0.1) is 0 Å². The SMILES string of the molecule is O=C(O)c1ccn2c(C3CCCC3)nc(C(=O)O)c2c1. The number of fused-ring (bicyclic) bond motifs is 1. The van der Waals surface area contributed by atoms with E-state index in [0.717, 1.165) is 31.5 Å². The first-order valence-electron chi connectivity index (χ1n) is 6.56. The highest BCUT2D eigenvalue weighted by molar-refractivity contribution is 5.96. The van der Waals surface area contributed by atoms with Crippen LogP contribution in [-0.2, 0) is 0 Å². The summed E-state index contributed by atoms with van der Waals surface area (Å²) in [7, 11) is 0. The molecule has 0 amide bonds. The quantitative estimate of drug-likeness (QED) is 0.896.